The van der Waals surface area contributed by atoms with Gasteiger partial charge in [-0.2, -0.15) is 0 Å². The van der Waals surface area contributed by atoms with Crippen LogP contribution >= 0.6 is 0 Å². The molecule has 1 aliphatic rings. The van der Waals surface area contributed by atoms with E-state index in [-0.39, 0.29) is 12.2 Å². The van der Waals surface area contributed by atoms with E-state index in [1.165, 1.54) is 12.2 Å². The third-order valence-electron chi connectivity index (χ3n) is 3.77. The van der Waals surface area contributed by atoms with Gasteiger partial charge < -0.3 is 4.74 Å². The zero-order chi connectivity index (χ0) is 16.4. The van der Waals surface area contributed by atoms with Crippen LogP contribution in [0, 0.1) is 6.92 Å². The Labute approximate surface area is 133 Å². The summed E-state index contributed by atoms with van der Waals surface area (Å²) in [5.74, 6) is 2.20. The number of nitrogens with zero attached hydrogens (tertiary/aromatic N) is 2. The van der Waals surface area contributed by atoms with Crippen molar-refractivity contribution < 1.29 is 19.2 Å². The summed E-state index contributed by atoms with van der Waals surface area (Å²) in [6.45, 7) is 1.87. The molecule has 0 spiro atoms. The van der Waals surface area contributed by atoms with Gasteiger partial charge in [0.1, 0.15) is 11.8 Å². The number of aromatic nitrogens is 1. The minimum atomic E-state index is -0.429. The molecular weight excluding hydrogens is 296 g/mol. The van der Waals surface area contributed by atoms with Crippen LogP contribution in [-0.2, 0) is 14.4 Å². The van der Waals surface area contributed by atoms with Gasteiger partial charge in [-0.15, -0.1) is 0 Å². The molecule has 2 aromatic rings. The highest BCUT2D eigenvalue weighted by atomic mass is 16.7. The molecule has 3 rings (SSSR count). The van der Waals surface area contributed by atoms with Crippen molar-refractivity contribution in [2.24, 2.45) is 0 Å². The minimum Gasteiger partial charge on any atom is -0.426 e. The van der Waals surface area contributed by atoms with E-state index in [2.05, 4.69) is 0 Å². The van der Waals surface area contributed by atoms with Gasteiger partial charge in [0.05, 0.1) is 19.2 Å². The van der Waals surface area contributed by atoms with E-state index in [9.17, 15) is 9.59 Å². The van der Waals surface area contributed by atoms with Gasteiger partial charge in [0.15, 0.2) is 5.94 Å². The first kappa shape index (κ1) is 15.1. The number of rotatable bonds is 4. The summed E-state index contributed by atoms with van der Waals surface area (Å²) in [6, 6.07) is 12.2. The smallest absolute Gasteiger partial charge is 0.313 e. The molecule has 1 aromatic heterocycles. The molecule has 0 radical (unpaired) electrons. The molecule has 2 heterocycles. The summed E-state index contributed by atoms with van der Waals surface area (Å²) >= 11 is 0. The predicted molar refractivity (Wildman–Crippen MR) is 82.8 cm³/mol. The number of aryl methyl sites for hydroxylation is 1. The summed E-state index contributed by atoms with van der Waals surface area (Å²) in [6.07, 6.45) is 0.0529. The van der Waals surface area contributed by atoms with Crippen LogP contribution in [0.3, 0.4) is 0 Å². The van der Waals surface area contributed by atoms with Gasteiger partial charge in [0, 0.05) is 5.69 Å². The van der Waals surface area contributed by atoms with Crippen molar-refractivity contribution in [1.29, 1.82) is 0 Å². The topological polar surface area (TPSA) is 60.8 Å². The fourth-order valence-electron chi connectivity index (χ4n) is 2.79. The SMILES string of the molecule is CON1C(=C=O)n2c(C)ccc2C1CC(=O)Oc1ccccc1. The van der Waals surface area contributed by atoms with Gasteiger partial charge in [-0.25, -0.2) is 9.86 Å². The van der Waals surface area contributed by atoms with Gasteiger partial charge in [-0.3, -0.25) is 14.2 Å². The Kier molecular flexibility index (Phi) is 4.02. The Bertz CT molecular complexity index is 775. The van der Waals surface area contributed by atoms with Crippen LogP contribution in [0.15, 0.2) is 42.5 Å². The highest BCUT2D eigenvalue weighted by molar-refractivity contribution is 5.80. The summed E-state index contributed by atoms with van der Waals surface area (Å²) in [7, 11) is 1.45. The first-order valence-electron chi connectivity index (χ1n) is 7.18. The summed E-state index contributed by atoms with van der Waals surface area (Å²) < 4.78 is 7.05. The molecule has 1 unspecified atom stereocenters. The third kappa shape index (κ3) is 2.65. The molecule has 0 aliphatic carbocycles. The summed E-state index contributed by atoms with van der Waals surface area (Å²) in [4.78, 5) is 28.8. The molecule has 0 amide bonds. The number of ether oxygens (including phenoxy) is 1. The van der Waals surface area contributed by atoms with Gasteiger partial charge in [0.25, 0.3) is 0 Å². The van der Waals surface area contributed by atoms with E-state index in [0.717, 1.165) is 11.4 Å². The lowest BCUT2D eigenvalue weighted by Gasteiger charge is -2.22. The molecule has 1 aromatic carbocycles. The number of hydroxylamine groups is 2. The van der Waals surface area contributed by atoms with Crippen molar-refractivity contribution in [2.75, 3.05) is 7.11 Å². The summed E-state index contributed by atoms with van der Waals surface area (Å²) in [5.41, 5.74) is 1.67. The molecule has 0 N–H and O–H groups in total. The predicted octanol–water partition coefficient (Wildman–Crippen LogP) is 2.34. The molecule has 6 nitrogen and oxygen atoms in total. The zero-order valence-corrected chi connectivity index (χ0v) is 12.9. The van der Waals surface area contributed by atoms with Gasteiger partial charge in [-0.1, -0.05) is 18.2 Å². The van der Waals surface area contributed by atoms with Crippen LogP contribution in [0.2, 0.25) is 0 Å². The number of hydrogen-bond donors (Lipinski definition) is 0. The van der Waals surface area contributed by atoms with Crippen molar-refractivity contribution >= 4 is 17.7 Å². The standard InChI is InChI=1S/C17H16N2O4/c1-12-8-9-14-15(19(22-2)16(11-20)18(12)14)10-17(21)23-13-6-4-3-5-7-13/h3-9,15H,10H2,1-2H3. The van der Waals surface area contributed by atoms with Crippen LogP contribution in [0.5, 0.6) is 5.75 Å². The maximum Gasteiger partial charge on any atom is 0.313 e. The number of para-hydroxylation sites is 1. The Balaban J connectivity index is 1.84. The van der Waals surface area contributed by atoms with E-state index < -0.39 is 12.0 Å². The number of esters is 1. The molecule has 6 heteroatoms. The minimum absolute atomic E-state index is 0.0529. The highest BCUT2D eigenvalue weighted by Crippen LogP contribution is 2.38. The largest absolute Gasteiger partial charge is 0.426 e. The zero-order valence-electron chi connectivity index (χ0n) is 12.9. The average molecular weight is 312 g/mol. The van der Waals surface area contributed by atoms with Crippen molar-refractivity contribution in [1.82, 2.24) is 9.63 Å². The lowest BCUT2D eigenvalue weighted by molar-refractivity contribution is -0.143. The van der Waals surface area contributed by atoms with Gasteiger partial charge in [-0.05, 0) is 31.2 Å². The molecule has 23 heavy (non-hydrogen) atoms. The van der Waals surface area contributed by atoms with Crippen molar-refractivity contribution in [3.8, 4) is 5.75 Å². The second-order valence-corrected chi connectivity index (χ2v) is 5.18. The molecular formula is C17H16N2O4. The molecule has 0 fully saturated rings. The molecule has 0 bridgehead atoms. The van der Waals surface area contributed by atoms with E-state index in [1.54, 1.807) is 28.8 Å². The quantitative estimate of drug-likeness (QED) is 0.493. The lowest BCUT2D eigenvalue weighted by atomic mass is 10.1. The van der Waals surface area contributed by atoms with Crippen LogP contribution in [0.25, 0.3) is 5.82 Å². The number of carbonyl (C=O) groups excluding carboxylic acids is 2. The van der Waals surface area contributed by atoms with Crippen LogP contribution in [0.4, 0.5) is 0 Å². The van der Waals surface area contributed by atoms with Crippen LogP contribution in [-0.4, -0.2) is 28.7 Å². The fraction of sp³-hybridized carbons (Fsp3) is 0.235. The molecule has 1 aliphatic heterocycles. The summed E-state index contributed by atoms with van der Waals surface area (Å²) in [5, 5.41) is 1.39. The first-order chi connectivity index (χ1) is 11.2. The molecule has 0 saturated carbocycles. The fourth-order valence-corrected chi connectivity index (χ4v) is 2.79. The van der Waals surface area contributed by atoms with Crippen molar-refractivity contribution in [3.63, 3.8) is 0 Å². The van der Waals surface area contributed by atoms with Crippen molar-refractivity contribution in [3.05, 3.63) is 53.9 Å². The molecule has 0 saturated heterocycles. The second kappa shape index (κ2) is 6.12. The number of hydrogen-bond acceptors (Lipinski definition) is 5. The number of fused-ring (bicyclic) bond motifs is 1. The second-order valence-electron chi connectivity index (χ2n) is 5.18. The van der Waals surface area contributed by atoms with Gasteiger partial charge >= 0.3 is 5.97 Å². The van der Waals surface area contributed by atoms with E-state index in [4.69, 9.17) is 9.57 Å². The Morgan fingerprint density at radius 3 is 2.61 bits per heavy atom. The normalized spacial score (nSPS) is 16.2. The molecule has 1 atom stereocenters. The monoisotopic (exact) mass is 312 g/mol. The number of carbonyl (C=O) groups is 1. The first-order valence-corrected chi connectivity index (χ1v) is 7.18. The maximum absolute atomic E-state index is 12.2. The Hall–Kier alpha value is -2.82. The third-order valence-corrected chi connectivity index (χ3v) is 3.77. The lowest BCUT2D eigenvalue weighted by Crippen LogP contribution is -2.25. The Morgan fingerprint density at radius 2 is 1.96 bits per heavy atom. The average Bonchev–Trinajstić information content (AvgIpc) is 3.06. The van der Waals surface area contributed by atoms with E-state index in [1.807, 2.05) is 31.1 Å². The van der Waals surface area contributed by atoms with Crippen molar-refractivity contribution in [2.45, 2.75) is 19.4 Å². The van der Waals surface area contributed by atoms with Crippen LogP contribution < -0.4 is 4.74 Å². The van der Waals surface area contributed by atoms with Crippen LogP contribution in [0.1, 0.15) is 23.9 Å². The Morgan fingerprint density at radius 1 is 1.22 bits per heavy atom. The highest BCUT2D eigenvalue weighted by Gasteiger charge is 2.38. The molecule has 118 valence electrons. The number of benzene rings is 1. The van der Waals surface area contributed by atoms with Gasteiger partial charge in [0.2, 0.25) is 5.82 Å². The van der Waals surface area contributed by atoms with E-state index in [0.29, 0.717) is 5.75 Å². The van der Waals surface area contributed by atoms with E-state index >= 15 is 0 Å². The maximum atomic E-state index is 12.2.